The van der Waals surface area contributed by atoms with E-state index in [9.17, 15) is 20.2 Å². The lowest BCUT2D eigenvalue weighted by Crippen LogP contribution is -2.22. The summed E-state index contributed by atoms with van der Waals surface area (Å²) in [4.78, 5) is 23.3. The zero-order valence-corrected chi connectivity index (χ0v) is 12.9. The Morgan fingerprint density at radius 3 is 2.58 bits per heavy atom. The van der Waals surface area contributed by atoms with Crippen LogP contribution in [-0.2, 0) is 0 Å². The van der Waals surface area contributed by atoms with Crippen LogP contribution in [0.25, 0.3) is 5.57 Å². The molecule has 1 unspecified atom stereocenters. The van der Waals surface area contributed by atoms with Gasteiger partial charge in [0.05, 0.1) is 11.0 Å². The number of fused-ring (bicyclic) bond motifs is 1. The highest BCUT2D eigenvalue weighted by atomic mass is 35.5. The number of halogens is 1. The zero-order valence-electron chi connectivity index (χ0n) is 12.2. The number of nitrogens with zero attached hydrogens (tertiary/aromatic N) is 2. The second-order valence-corrected chi connectivity index (χ2v) is 5.59. The molecule has 0 spiro atoms. The maximum atomic E-state index is 12.8. The topological polar surface area (TPSA) is 96.0 Å². The fraction of sp³-hybridized carbons (Fsp3) is 0.0588. The van der Waals surface area contributed by atoms with Crippen molar-refractivity contribution >= 4 is 34.3 Å². The van der Waals surface area contributed by atoms with E-state index in [1.54, 1.807) is 24.3 Å². The van der Waals surface area contributed by atoms with Gasteiger partial charge < -0.3 is 5.32 Å². The first kappa shape index (κ1) is 15.7. The number of hydrogen-bond acceptors (Lipinski definition) is 5. The van der Waals surface area contributed by atoms with Gasteiger partial charge in [0.25, 0.3) is 5.69 Å². The first-order chi connectivity index (χ1) is 11.5. The minimum Gasteiger partial charge on any atom is -0.366 e. The Hall–Kier alpha value is -3.17. The number of Topliss-reactive ketones (excluding diaryl/α,β-unsaturated/α-hetero) is 1. The number of non-ortho nitro benzene ring substituents is 1. The standard InChI is InChI=1S/C17H10ClN3O3/c18-11-3-1-10(2-4-11)17(22)15-7-12(9-19)20-16-6-5-13(21(23)24)8-14(15)16/h1-8,12,20H. The van der Waals surface area contributed by atoms with Crippen molar-refractivity contribution in [2.75, 3.05) is 5.32 Å². The number of nitro groups is 1. The fourth-order valence-corrected chi connectivity index (χ4v) is 2.61. The first-order valence-electron chi connectivity index (χ1n) is 6.96. The van der Waals surface area contributed by atoms with Crippen LogP contribution in [0.1, 0.15) is 15.9 Å². The van der Waals surface area contributed by atoms with E-state index < -0.39 is 11.0 Å². The molecular weight excluding hydrogens is 330 g/mol. The predicted octanol–water partition coefficient (Wildman–Crippen LogP) is 3.83. The fourth-order valence-electron chi connectivity index (χ4n) is 2.48. The average molecular weight is 340 g/mol. The van der Waals surface area contributed by atoms with Crippen molar-refractivity contribution in [3.8, 4) is 6.07 Å². The number of hydrogen-bond donors (Lipinski definition) is 1. The van der Waals surface area contributed by atoms with Crippen molar-refractivity contribution < 1.29 is 9.72 Å². The molecule has 0 radical (unpaired) electrons. The molecule has 24 heavy (non-hydrogen) atoms. The van der Waals surface area contributed by atoms with E-state index in [1.807, 2.05) is 6.07 Å². The highest BCUT2D eigenvalue weighted by Crippen LogP contribution is 2.34. The van der Waals surface area contributed by atoms with E-state index in [2.05, 4.69) is 5.32 Å². The highest BCUT2D eigenvalue weighted by Gasteiger charge is 2.26. The van der Waals surface area contributed by atoms with E-state index in [1.165, 1.54) is 24.3 Å². The smallest absolute Gasteiger partial charge is 0.270 e. The lowest BCUT2D eigenvalue weighted by Gasteiger charge is -2.21. The molecule has 0 amide bonds. The molecule has 1 heterocycles. The van der Waals surface area contributed by atoms with Gasteiger partial charge in [-0.25, -0.2) is 0 Å². The van der Waals surface area contributed by atoms with Gasteiger partial charge in [0.1, 0.15) is 6.04 Å². The van der Waals surface area contributed by atoms with Crippen molar-refractivity contribution in [3.63, 3.8) is 0 Å². The van der Waals surface area contributed by atoms with E-state index in [4.69, 9.17) is 11.6 Å². The summed E-state index contributed by atoms with van der Waals surface area (Å²) in [5.74, 6) is -0.324. The van der Waals surface area contributed by atoms with Crippen molar-refractivity contribution in [2.45, 2.75) is 6.04 Å². The summed E-state index contributed by atoms with van der Waals surface area (Å²) in [7, 11) is 0. The average Bonchev–Trinajstić information content (AvgIpc) is 2.60. The Balaban J connectivity index is 2.11. The molecule has 0 aromatic heterocycles. The van der Waals surface area contributed by atoms with Crippen LogP contribution < -0.4 is 5.32 Å². The van der Waals surface area contributed by atoms with Crippen molar-refractivity contribution in [1.82, 2.24) is 0 Å². The number of nitro benzene ring substituents is 1. The van der Waals surface area contributed by atoms with E-state index >= 15 is 0 Å². The summed E-state index contributed by atoms with van der Waals surface area (Å²) in [5, 5.41) is 23.6. The van der Waals surface area contributed by atoms with Gasteiger partial charge in [-0.15, -0.1) is 0 Å². The summed E-state index contributed by atoms with van der Waals surface area (Å²) >= 11 is 5.83. The molecule has 1 aliphatic rings. The Morgan fingerprint density at radius 2 is 1.96 bits per heavy atom. The number of rotatable bonds is 3. The van der Waals surface area contributed by atoms with E-state index in [0.29, 0.717) is 21.8 Å². The summed E-state index contributed by atoms with van der Waals surface area (Å²) in [6.07, 6.45) is 1.48. The number of carbonyl (C=O) groups is 1. The predicted molar refractivity (Wildman–Crippen MR) is 89.9 cm³/mol. The second-order valence-electron chi connectivity index (χ2n) is 5.15. The van der Waals surface area contributed by atoms with Crippen LogP contribution in [0.3, 0.4) is 0 Å². The van der Waals surface area contributed by atoms with Crippen LogP contribution in [-0.4, -0.2) is 16.7 Å². The van der Waals surface area contributed by atoms with Crippen LogP contribution in [0.15, 0.2) is 48.5 Å². The minimum atomic E-state index is -0.690. The molecule has 0 bridgehead atoms. The minimum absolute atomic E-state index is 0.124. The van der Waals surface area contributed by atoms with Gasteiger partial charge in [-0.05, 0) is 36.4 Å². The lowest BCUT2D eigenvalue weighted by atomic mass is 9.91. The maximum Gasteiger partial charge on any atom is 0.270 e. The van der Waals surface area contributed by atoms with Crippen LogP contribution in [0.2, 0.25) is 5.02 Å². The van der Waals surface area contributed by atoms with Crippen LogP contribution in [0.5, 0.6) is 0 Å². The SMILES string of the molecule is N#CC1C=C(C(=O)c2ccc(Cl)cc2)c2cc([N+](=O)[O-])ccc2N1. The Bertz CT molecular complexity index is 914. The number of nitrogens with one attached hydrogen (secondary N) is 1. The molecule has 1 atom stereocenters. The lowest BCUT2D eigenvalue weighted by molar-refractivity contribution is -0.384. The molecule has 2 aromatic rings. The summed E-state index contributed by atoms with van der Waals surface area (Å²) in [6.45, 7) is 0. The van der Waals surface area contributed by atoms with Gasteiger partial charge in [-0.3, -0.25) is 14.9 Å². The number of allylic oxidation sites excluding steroid dienone is 1. The van der Waals surface area contributed by atoms with Crippen LogP contribution in [0, 0.1) is 21.4 Å². The van der Waals surface area contributed by atoms with Gasteiger partial charge in [0.15, 0.2) is 5.78 Å². The zero-order chi connectivity index (χ0) is 17.3. The van der Waals surface area contributed by atoms with Gasteiger partial charge in [-0.1, -0.05) is 11.6 Å². The Labute approximate surface area is 142 Å². The number of ketones is 1. The van der Waals surface area contributed by atoms with E-state index in [-0.39, 0.29) is 17.0 Å². The molecule has 0 fully saturated rings. The Kier molecular flexibility index (Phi) is 4.02. The summed E-state index contributed by atoms with van der Waals surface area (Å²) in [5.41, 5.74) is 1.42. The van der Waals surface area contributed by atoms with Crippen molar-refractivity contribution in [2.24, 2.45) is 0 Å². The summed E-state index contributed by atoms with van der Waals surface area (Å²) < 4.78 is 0. The monoisotopic (exact) mass is 339 g/mol. The van der Waals surface area contributed by atoms with Gasteiger partial charge in [0.2, 0.25) is 0 Å². The van der Waals surface area contributed by atoms with Gasteiger partial charge in [-0.2, -0.15) is 5.26 Å². The van der Waals surface area contributed by atoms with Crippen molar-refractivity contribution in [1.29, 1.82) is 5.26 Å². The second kappa shape index (κ2) is 6.14. The molecular formula is C17H10ClN3O3. The molecule has 0 saturated heterocycles. The molecule has 1 aliphatic heterocycles. The van der Waals surface area contributed by atoms with Gasteiger partial charge >= 0.3 is 0 Å². The summed E-state index contributed by atoms with van der Waals surface area (Å²) in [6, 6.07) is 11.8. The first-order valence-corrected chi connectivity index (χ1v) is 7.34. The largest absolute Gasteiger partial charge is 0.366 e. The third-order valence-corrected chi connectivity index (χ3v) is 3.89. The molecule has 1 N–H and O–H groups in total. The molecule has 118 valence electrons. The molecule has 7 heteroatoms. The van der Waals surface area contributed by atoms with Crippen LogP contribution in [0.4, 0.5) is 11.4 Å². The number of anilines is 1. The third-order valence-electron chi connectivity index (χ3n) is 3.64. The normalized spacial score (nSPS) is 15.5. The number of benzene rings is 2. The van der Waals surface area contributed by atoms with Crippen LogP contribution >= 0.6 is 11.6 Å². The highest BCUT2D eigenvalue weighted by molar-refractivity contribution is 6.32. The molecule has 0 saturated carbocycles. The number of carbonyl (C=O) groups excluding carboxylic acids is 1. The van der Waals surface area contributed by atoms with E-state index in [0.717, 1.165) is 0 Å². The molecule has 2 aromatic carbocycles. The van der Waals surface area contributed by atoms with Crippen molar-refractivity contribution in [3.05, 3.63) is 74.8 Å². The molecule has 0 aliphatic carbocycles. The third kappa shape index (κ3) is 2.85. The number of nitriles is 1. The maximum absolute atomic E-state index is 12.8. The molecule has 6 nitrogen and oxygen atoms in total. The molecule has 3 rings (SSSR count). The Morgan fingerprint density at radius 1 is 1.25 bits per heavy atom. The van der Waals surface area contributed by atoms with Gasteiger partial charge in [0, 0.05) is 39.5 Å². The quantitative estimate of drug-likeness (QED) is 0.520.